The summed E-state index contributed by atoms with van der Waals surface area (Å²) in [5.41, 5.74) is -1.73. The number of rotatable bonds is 4. The van der Waals surface area contributed by atoms with E-state index in [4.69, 9.17) is 0 Å². The molecule has 0 amide bonds. The molecular formula is C14H20Mg2O8. The Balaban J connectivity index is -0.000000154. The molecule has 8 nitrogen and oxygen atoms in total. The summed E-state index contributed by atoms with van der Waals surface area (Å²) < 4.78 is 0. The van der Waals surface area contributed by atoms with Gasteiger partial charge in [-0.1, -0.05) is 41.5 Å². The summed E-state index contributed by atoms with van der Waals surface area (Å²) in [5.74, 6) is -9.50. The Morgan fingerprint density at radius 3 is 0.667 bits per heavy atom. The van der Waals surface area contributed by atoms with Crippen molar-refractivity contribution < 1.29 is 39.6 Å². The Morgan fingerprint density at radius 2 is 0.667 bits per heavy atom. The van der Waals surface area contributed by atoms with E-state index < -0.39 is 46.5 Å². The molecule has 0 rings (SSSR count). The average Bonchev–Trinajstić information content (AvgIpc) is 2.08. The predicted molar refractivity (Wildman–Crippen MR) is 77.4 cm³/mol. The van der Waals surface area contributed by atoms with Gasteiger partial charge >= 0.3 is 46.1 Å². The van der Waals surface area contributed by atoms with Crippen LogP contribution in [0.5, 0.6) is 0 Å². The maximum Gasteiger partial charge on any atom is 2.00 e. The summed E-state index contributed by atoms with van der Waals surface area (Å²) in [4.78, 5) is 41.0. The first-order chi connectivity index (χ1) is 9.53. The van der Waals surface area contributed by atoms with Crippen molar-refractivity contribution in [1.29, 1.82) is 0 Å². The Hall–Kier alpha value is -0.588. The summed E-state index contributed by atoms with van der Waals surface area (Å²) in [5, 5.41) is 41.0. The minimum absolute atomic E-state index is 0. The average molecular weight is 365 g/mol. The second-order valence-corrected chi connectivity index (χ2v) is 6.87. The Kier molecular flexibility index (Phi) is 15.4. The third-order valence-corrected chi connectivity index (χ3v) is 2.67. The summed E-state index contributed by atoms with van der Waals surface area (Å²) in [7, 11) is 0. The van der Waals surface area contributed by atoms with Gasteiger partial charge in [-0.15, -0.1) is 0 Å². The van der Waals surface area contributed by atoms with Crippen LogP contribution >= 0.6 is 0 Å². The first-order valence-corrected chi connectivity index (χ1v) is 6.37. The van der Waals surface area contributed by atoms with Gasteiger partial charge in [0, 0.05) is 11.8 Å². The van der Waals surface area contributed by atoms with Crippen molar-refractivity contribution in [2.75, 3.05) is 0 Å². The molecule has 0 unspecified atom stereocenters. The van der Waals surface area contributed by atoms with Crippen LogP contribution in [0.4, 0.5) is 0 Å². The number of hydrogen-bond acceptors (Lipinski definition) is 8. The molecule has 0 saturated carbocycles. The van der Waals surface area contributed by atoms with Crippen molar-refractivity contribution in [2.24, 2.45) is 22.7 Å². The minimum atomic E-state index is -1.60. The summed E-state index contributed by atoms with van der Waals surface area (Å²) in [6.45, 7) is 9.02. The van der Waals surface area contributed by atoms with E-state index in [-0.39, 0.29) is 46.1 Å². The van der Waals surface area contributed by atoms with E-state index in [9.17, 15) is 39.6 Å². The Bertz CT molecular complexity index is 379. The summed E-state index contributed by atoms with van der Waals surface area (Å²) in [6, 6.07) is 0. The van der Waals surface area contributed by atoms with E-state index in [2.05, 4.69) is 0 Å². The second-order valence-electron chi connectivity index (χ2n) is 6.87. The first kappa shape index (κ1) is 31.2. The van der Waals surface area contributed by atoms with E-state index in [0.29, 0.717) is 0 Å². The molecule has 0 aromatic rings. The molecule has 128 valence electrons. The van der Waals surface area contributed by atoms with Crippen molar-refractivity contribution in [3.05, 3.63) is 0 Å². The van der Waals surface area contributed by atoms with Gasteiger partial charge in [-0.05, 0) is 10.8 Å². The molecule has 0 radical (unpaired) electrons. The molecule has 0 spiro atoms. The van der Waals surface area contributed by atoms with Crippen LogP contribution in [0.25, 0.3) is 0 Å². The topological polar surface area (TPSA) is 161 Å². The fourth-order valence-electron chi connectivity index (χ4n) is 1.61. The fourth-order valence-corrected chi connectivity index (χ4v) is 1.61. The minimum Gasteiger partial charge on any atom is -0.549 e. The normalized spacial score (nSPS) is 10.7. The second kappa shape index (κ2) is 11.9. The van der Waals surface area contributed by atoms with E-state index in [0.717, 1.165) is 0 Å². The van der Waals surface area contributed by atoms with Crippen LogP contribution in [0.1, 0.15) is 41.5 Å². The molecule has 0 aliphatic heterocycles. The van der Waals surface area contributed by atoms with Gasteiger partial charge in [0.2, 0.25) is 0 Å². The van der Waals surface area contributed by atoms with E-state index in [1.807, 2.05) is 0 Å². The van der Waals surface area contributed by atoms with Crippen LogP contribution in [-0.2, 0) is 19.2 Å². The van der Waals surface area contributed by atoms with Crippen LogP contribution in [-0.4, -0.2) is 70.0 Å². The molecule has 0 aromatic heterocycles. The number of hydrogen-bond donors (Lipinski definition) is 0. The summed E-state index contributed by atoms with van der Waals surface area (Å²) in [6.07, 6.45) is 0. The van der Waals surface area contributed by atoms with Crippen molar-refractivity contribution in [2.45, 2.75) is 41.5 Å². The Labute approximate surface area is 173 Å². The molecule has 0 heterocycles. The molecule has 10 heteroatoms. The molecule has 0 aliphatic carbocycles. The standard InChI is InChI=1S/2C7H12O4.2Mg/c2*1-7(2,3)4(5(8)9)6(10)11;;/h2*4H,1-3H3,(H,8,9)(H,10,11);;/q;;2*+2/p-4. The molecule has 0 fully saturated rings. The third-order valence-electron chi connectivity index (χ3n) is 2.67. The zero-order valence-corrected chi connectivity index (χ0v) is 17.7. The van der Waals surface area contributed by atoms with Gasteiger partial charge in [0.15, 0.2) is 0 Å². The maximum absolute atomic E-state index is 10.3. The van der Waals surface area contributed by atoms with Crippen molar-refractivity contribution in [3.63, 3.8) is 0 Å². The third kappa shape index (κ3) is 11.9. The monoisotopic (exact) mass is 364 g/mol. The molecule has 24 heavy (non-hydrogen) atoms. The molecule has 0 saturated heterocycles. The molecule has 0 aromatic carbocycles. The first-order valence-electron chi connectivity index (χ1n) is 6.37. The van der Waals surface area contributed by atoms with Crippen molar-refractivity contribution in [1.82, 2.24) is 0 Å². The molecule has 0 bridgehead atoms. The zero-order valence-electron chi connectivity index (χ0n) is 14.8. The maximum atomic E-state index is 10.3. The van der Waals surface area contributed by atoms with E-state index in [1.54, 1.807) is 0 Å². The quantitative estimate of drug-likeness (QED) is 0.356. The van der Waals surface area contributed by atoms with Crippen LogP contribution in [0.2, 0.25) is 0 Å². The van der Waals surface area contributed by atoms with E-state index >= 15 is 0 Å². The largest absolute Gasteiger partial charge is 2.00 e. The summed E-state index contributed by atoms with van der Waals surface area (Å²) >= 11 is 0. The number of carbonyl (C=O) groups excluding carboxylic acids is 4. The predicted octanol–water partition coefficient (Wildman–Crippen LogP) is -4.46. The van der Waals surface area contributed by atoms with Crippen LogP contribution in [0.3, 0.4) is 0 Å². The smallest absolute Gasteiger partial charge is 0.549 e. The molecule has 0 aliphatic rings. The van der Waals surface area contributed by atoms with Gasteiger partial charge in [0.25, 0.3) is 0 Å². The van der Waals surface area contributed by atoms with Gasteiger partial charge in [-0.2, -0.15) is 0 Å². The van der Waals surface area contributed by atoms with Crippen molar-refractivity contribution in [3.8, 4) is 0 Å². The molecular weight excluding hydrogens is 345 g/mol. The van der Waals surface area contributed by atoms with Gasteiger partial charge in [0.05, 0.1) is 23.9 Å². The molecule has 0 atom stereocenters. The van der Waals surface area contributed by atoms with Crippen LogP contribution < -0.4 is 20.4 Å². The molecule has 0 N–H and O–H groups in total. The number of carboxylic acids is 4. The fraction of sp³-hybridized carbons (Fsp3) is 0.714. The Morgan fingerprint density at radius 1 is 0.542 bits per heavy atom. The van der Waals surface area contributed by atoms with Gasteiger partial charge < -0.3 is 39.6 Å². The van der Waals surface area contributed by atoms with Gasteiger partial charge in [0.1, 0.15) is 0 Å². The van der Waals surface area contributed by atoms with Crippen LogP contribution in [0.15, 0.2) is 0 Å². The number of carbonyl (C=O) groups is 4. The zero-order chi connectivity index (χ0) is 18.5. The SMILES string of the molecule is CC(C)(C)C(C(=O)[O-])C(=O)[O-].CC(C)(C)C(C(=O)[O-])C(=O)[O-].[Mg+2].[Mg+2]. The van der Waals surface area contributed by atoms with E-state index in [1.165, 1.54) is 41.5 Å². The van der Waals surface area contributed by atoms with Crippen LogP contribution in [0, 0.1) is 22.7 Å². The number of aliphatic carboxylic acids is 4. The van der Waals surface area contributed by atoms with Crippen molar-refractivity contribution >= 4 is 70.0 Å². The van der Waals surface area contributed by atoms with Gasteiger partial charge in [-0.3, -0.25) is 0 Å². The van der Waals surface area contributed by atoms with Gasteiger partial charge in [-0.25, -0.2) is 0 Å². The number of carboxylic acid groups (broad SMARTS) is 4.